The molecule has 31 heavy (non-hydrogen) atoms. The van der Waals surface area contributed by atoms with Crippen LogP contribution in [0.25, 0.3) is 15.9 Å². The second kappa shape index (κ2) is 8.71. The van der Waals surface area contributed by atoms with Gasteiger partial charge in [-0.2, -0.15) is 0 Å². The van der Waals surface area contributed by atoms with Crippen LogP contribution in [0.4, 0.5) is 0 Å². The molecule has 0 spiro atoms. The molecule has 0 atom stereocenters. The van der Waals surface area contributed by atoms with Crippen molar-refractivity contribution < 1.29 is 4.79 Å². The number of benzene rings is 1. The van der Waals surface area contributed by atoms with Crippen molar-refractivity contribution in [2.24, 2.45) is 0 Å². The van der Waals surface area contributed by atoms with E-state index in [1.807, 2.05) is 30.3 Å². The van der Waals surface area contributed by atoms with Gasteiger partial charge in [-0.1, -0.05) is 53.2 Å². The van der Waals surface area contributed by atoms with Crippen LogP contribution in [-0.2, 0) is 12.8 Å². The number of aromatic nitrogens is 2. The van der Waals surface area contributed by atoms with Crippen molar-refractivity contribution in [3.05, 3.63) is 71.4 Å². The minimum absolute atomic E-state index is 0.0674. The Balaban J connectivity index is 1.60. The zero-order chi connectivity index (χ0) is 21.5. The summed E-state index contributed by atoms with van der Waals surface area (Å²) in [6.45, 7) is 0. The highest BCUT2D eigenvalue weighted by Gasteiger charge is 2.23. The molecule has 3 heterocycles. The standard InChI is InChI=1S/C22H16Cl2N2O2S3/c23-17-10-14(19(24)31-17)15(27)11-29-22-25-20-18(13-8-4-5-9-16(13)30-20)21(28)26(22)12-6-2-1-3-7-12/h1-3,6-7,10H,4-5,8-9,11H2. The molecule has 0 unspecified atom stereocenters. The molecule has 0 amide bonds. The maximum Gasteiger partial charge on any atom is 0.267 e. The number of para-hydroxylation sites is 1. The van der Waals surface area contributed by atoms with Gasteiger partial charge in [0.1, 0.15) is 9.17 Å². The fourth-order valence-electron chi connectivity index (χ4n) is 3.83. The summed E-state index contributed by atoms with van der Waals surface area (Å²) in [6, 6.07) is 11.0. The number of rotatable bonds is 5. The van der Waals surface area contributed by atoms with Crippen LogP contribution in [0.15, 0.2) is 46.3 Å². The minimum Gasteiger partial charge on any atom is -0.293 e. The zero-order valence-electron chi connectivity index (χ0n) is 16.2. The number of hydrogen-bond donors (Lipinski definition) is 0. The van der Waals surface area contributed by atoms with Crippen LogP contribution in [0, 0.1) is 0 Å². The number of halogens is 2. The van der Waals surface area contributed by atoms with E-state index in [0.29, 0.717) is 19.4 Å². The summed E-state index contributed by atoms with van der Waals surface area (Å²) in [5, 5.41) is 1.24. The lowest BCUT2D eigenvalue weighted by Gasteiger charge is -2.13. The molecule has 0 bridgehead atoms. The third-order valence-electron chi connectivity index (χ3n) is 5.26. The average molecular weight is 507 g/mol. The number of aryl methyl sites for hydroxylation is 2. The summed E-state index contributed by atoms with van der Waals surface area (Å²) in [4.78, 5) is 33.3. The highest BCUT2D eigenvalue weighted by Crippen LogP contribution is 2.36. The molecular weight excluding hydrogens is 491 g/mol. The fourth-order valence-corrected chi connectivity index (χ4v) is 7.52. The van der Waals surface area contributed by atoms with Crippen LogP contribution in [0.2, 0.25) is 8.67 Å². The van der Waals surface area contributed by atoms with Gasteiger partial charge in [-0.25, -0.2) is 4.98 Å². The van der Waals surface area contributed by atoms with Crippen LogP contribution in [-0.4, -0.2) is 21.1 Å². The molecule has 0 radical (unpaired) electrons. The van der Waals surface area contributed by atoms with Gasteiger partial charge in [-0.3, -0.25) is 14.2 Å². The first-order valence-electron chi connectivity index (χ1n) is 9.76. The number of hydrogen-bond acceptors (Lipinski definition) is 6. The number of fused-ring (bicyclic) bond motifs is 3. The summed E-state index contributed by atoms with van der Waals surface area (Å²) >= 11 is 16.2. The van der Waals surface area contributed by atoms with Gasteiger partial charge in [0.2, 0.25) is 0 Å². The Hall–Kier alpha value is -1.64. The van der Waals surface area contributed by atoms with Crippen molar-refractivity contribution in [1.82, 2.24) is 9.55 Å². The van der Waals surface area contributed by atoms with Gasteiger partial charge in [0.25, 0.3) is 5.56 Å². The van der Waals surface area contributed by atoms with Gasteiger partial charge in [0, 0.05) is 10.4 Å². The summed E-state index contributed by atoms with van der Waals surface area (Å²) in [5.74, 6) is -0.0274. The number of carbonyl (C=O) groups is 1. The predicted octanol–water partition coefficient (Wildman–Crippen LogP) is 6.67. The van der Waals surface area contributed by atoms with Crippen LogP contribution in [0.1, 0.15) is 33.6 Å². The van der Waals surface area contributed by atoms with E-state index in [1.54, 1.807) is 22.0 Å². The number of thioether (sulfide) groups is 1. The van der Waals surface area contributed by atoms with E-state index in [1.165, 1.54) is 28.0 Å². The minimum atomic E-state index is -0.141. The summed E-state index contributed by atoms with van der Waals surface area (Å²) in [5.41, 5.74) is 2.23. The highest BCUT2D eigenvalue weighted by atomic mass is 35.5. The van der Waals surface area contributed by atoms with Crippen molar-refractivity contribution in [2.45, 2.75) is 30.8 Å². The lowest BCUT2D eigenvalue weighted by atomic mass is 9.97. The lowest BCUT2D eigenvalue weighted by Crippen LogP contribution is -2.22. The lowest BCUT2D eigenvalue weighted by molar-refractivity contribution is 0.102. The Morgan fingerprint density at radius 1 is 1.13 bits per heavy atom. The topological polar surface area (TPSA) is 52.0 Å². The van der Waals surface area contributed by atoms with Crippen LogP contribution >= 0.6 is 57.6 Å². The number of Topliss-reactive ketones (excluding diaryl/α,β-unsaturated/α-hetero) is 1. The molecule has 4 nitrogen and oxygen atoms in total. The van der Waals surface area contributed by atoms with Crippen molar-refractivity contribution in [2.75, 3.05) is 5.75 Å². The molecule has 0 saturated carbocycles. The number of ketones is 1. The maximum absolute atomic E-state index is 13.6. The number of carbonyl (C=O) groups excluding carboxylic acids is 1. The molecule has 1 aromatic carbocycles. The van der Waals surface area contributed by atoms with Gasteiger partial charge in [-0.05, 0) is 49.4 Å². The summed E-state index contributed by atoms with van der Waals surface area (Å²) in [6.07, 6.45) is 4.16. The molecule has 0 N–H and O–H groups in total. The monoisotopic (exact) mass is 506 g/mol. The van der Waals surface area contributed by atoms with Gasteiger partial charge < -0.3 is 0 Å². The summed E-state index contributed by atoms with van der Waals surface area (Å²) < 4.78 is 2.48. The van der Waals surface area contributed by atoms with E-state index in [9.17, 15) is 9.59 Å². The Morgan fingerprint density at radius 2 is 1.90 bits per heavy atom. The second-order valence-electron chi connectivity index (χ2n) is 7.21. The molecule has 0 saturated heterocycles. The van der Waals surface area contributed by atoms with E-state index < -0.39 is 0 Å². The molecule has 0 aliphatic heterocycles. The zero-order valence-corrected chi connectivity index (χ0v) is 20.2. The maximum atomic E-state index is 13.6. The Bertz CT molecular complexity index is 1360. The quantitative estimate of drug-likeness (QED) is 0.172. The molecule has 5 rings (SSSR count). The highest BCUT2D eigenvalue weighted by molar-refractivity contribution is 7.99. The normalized spacial score (nSPS) is 13.5. The van der Waals surface area contributed by atoms with Crippen molar-refractivity contribution in [1.29, 1.82) is 0 Å². The van der Waals surface area contributed by atoms with Crippen molar-refractivity contribution >= 4 is 73.6 Å². The summed E-state index contributed by atoms with van der Waals surface area (Å²) in [7, 11) is 0. The molecule has 1 aliphatic carbocycles. The van der Waals surface area contributed by atoms with Crippen LogP contribution in [0.3, 0.4) is 0 Å². The SMILES string of the molecule is O=C(CSc1nc2sc3c(c2c(=O)n1-c1ccccc1)CCCC3)c1cc(Cl)sc1Cl. The van der Waals surface area contributed by atoms with Crippen LogP contribution in [0.5, 0.6) is 0 Å². The molecule has 9 heteroatoms. The van der Waals surface area contributed by atoms with Crippen molar-refractivity contribution in [3.8, 4) is 5.69 Å². The Labute approximate surface area is 200 Å². The molecular formula is C22H16Cl2N2O2S3. The van der Waals surface area contributed by atoms with E-state index in [0.717, 1.165) is 47.2 Å². The Morgan fingerprint density at radius 3 is 2.65 bits per heavy atom. The third-order valence-corrected chi connectivity index (χ3v) is 8.87. The smallest absolute Gasteiger partial charge is 0.267 e. The predicted molar refractivity (Wildman–Crippen MR) is 131 cm³/mol. The van der Waals surface area contributed by atoms with Crippen molar-refractivity contribution in [3.63, 3.8) is 0 Å². The van der Waals surface area contributed by atoms with Gasteiger partial charge in [-0.15, -0.1) is 22.7 Å². The first-order valence-corrected chi connectivity index (χ1v) is 13.1. The van der Waals surface area contributed by atoms with E-state index >= 15 is 0 Å². The molecule has 158 valence electrons. The average Bonchev–Trinajstić information content (AvgIpc) is 3.31. The van der Waals surface area contributed by atoms with Gasteiger partial charge in [0.05, 0.1) is 21.2 Å². The molecule has 0 fully saturated rings. The number of nitrogens with zero attached hydrogens (tertiary/aromatic N) is 2. The molecule has 3 aromatic heterocycles. The van der Waals surface area contributed by atoms with Gasteiger partial charge >= 0.3 is 0 Å². The third kappa shape index (κ3) is 3.98. The second-order valence-corrected chi connectivity index (χ2v) is 11.5. The van der Waals surface area contributed by atoms with Gasteiger partial charge in [0.15, 0.2) is 10.9 Å². The fraction of sp³-hybridized carbons (Fsp3) is 0.227. The van der Waals surface area contributed by atoms with E-state index in [2.05, 4.69) is 0 Å². The van der Waals surface area contributed by atoms with E-state index in [-0.39, 0.29) is 17.1 Å². The first-order chi connectivity index (χ1) is 15.0. The Kier molecular flexibility index (Phi) is 5.96. The van der Waals surface area contributed by atoms with Crippen LogP contribution < -0.4 is 5.56 Å². The van der Waals surface area contributed by atoms with E-state index in [4.69, 9.17) is 28.2 Å². The number of thiophene rings is 2. The molecule has 1 aliphatic rings. The molecule has 4 aromatic rings. The largest absolute Gasteiger partial charge is 0.293 e. The first kappa shape index (κ1) is 21.2.